The van der Waals surface area contributed by atoms with E-state index >= 15 is 0 Å². The average Bonchev–Trinajstić information content (AvgIpc) is 3.42. The standard InChI is InChI=1S/C30H46O9/c1-15-24(33)26(36-4)25(34)27(38-15)39-18-7-9-28(2)17(12-18)5-6-20-23(28)21(31)13-29(3)19(8-10-30(20,29)35)16-11-22(32)37-14-16/h11,15,17-21,23-27,31,33-35H,5-10,12-14H2,1-4H3/t15-,17-,18+,19-,20-,21-,23-,24+,25-,26+,27+,28+,29-,30+/m1/s1. The van der Waals surface area contributed by atoms with Gasteiger partial charge in [0.1, 0.15) is 24.9 Å². The van der Waals surface area contributed by atoms with Gasteiger partial charge in [0, 0.05) is 18.6 Å². The molecule has 2 heterocycles. The van der Waals surface area contributed by atoms with Crippen LogP contribution in [0.25, 0.3) is 0 Å². The van der Waals surface area contributed by atoms with Crippen molar-refractivity contribution in [1.82, 2.24) is 0 Å². The number of hydrogen-bond acceptors (Lipinski definition) is 9. The van der Waals surface area contributed by atoms with Crippen LogP contribution in [0.3, 0.4) is 0 Å². The third kappa shape index (κ3) is 4.09. The Balaban J connectivity index is 1.18. The van der Waals surface area contributed by atoms with E-state index in [1.807, 2.05) is 0 Å². The Morgan fingerprint density at radius 3 is 2.51 bits per heavy atom. The molecule has 9 heteroatoms. The zero-order chi connectivity index (χ0) is 27.9. The Morgan fingerprint density at radius 1 is 1.05 bits per heavy atom. The third-order valence-corrected chi connectivity index (χ3v) is 12.3. The molecule has 5 fully saturated rings. The monoisotopic (exact) mass is 550 g/mol. The van der Waals surface area contributed by atoms with Crippen molar-refractivity contribution in [2.75, 3.05) is 13.7 Å². The normalized spacial score (nSPS) is 55.3. The van der Waals surface area contributed by atoms with E-state index in [2.05, 4.69) is 13.8 Å². The van der Waals surface area contributed by atoms with Gasteiger partial charge in [-0.1, -0.05) is 13.8 Å². The zero-order valence-electron chi connectivity index (χ0n) is 23.6. The van der Waals surface area contributed by atoms with Crippen molar-refractivity contribution < 1.29 is 44.2 Å². The Bertz CT molecular complexity index is 1000. The maximum absolute atomic E-state index is 12.4. The van der Waals surface area contributed by atoms with E-state index in [0.717, 1.165) is 44.1 Å². The van der Waals surface area contributed by atoms with Crippen molar-refractivity contribution in [3.63, 3.8) is 0 Å². The van der Waals surface area contributed by atoms with Gasteiger partial charge in [-0.05, 0) is 93.0 Å². The summed E-state index contributed by atoms with van der Waals surface area (Å²) < 4.78 is 22.7. The van der Waals surface area contributed by atoms with Crippen LogP contribution in [-0.4, -0.2) is 88.6 Å². The number of fused-ring (bicyclic) bond motifs is 5. The van der Waals surface area contributed by atoms with E-state index in [9.17, 15) is 25.2 Å². The minimum Gasteiger partial charge on any atom is -0.458 e. The van der Waals surface area contributed by atoms with Crippen molar-refractivity contribution in [2.45, 2.75) is 121 Å². The van der Waals surface area contributed by atoms with Gasteiger partial charge in [0.25, 0.3) is 0 Å². The number of hydrogen-bond donors (Lipinski definition) is 4. The molecule has 0 radical (unpaired) electrons. The Hall–Kier alpha value is -1.07. The quantitative estimate of drug-likeness (QED) is 0.307. The second kappa shape index (κ2) is 9.75. The number of cyclic esters (lactones) is 1. The SMILES string of the molecule is CO[C@H]1[C@@H](O)[C@@H](C)O[C@@H](O[C@H]2CC[C@@]3(C)[C@H](CC[C@@H]4[C@@H]3[C@H](O)C[C@]3(C)[C@@H](C5=CC(=O)OC5)CC[C@]43O)C2)[C@@H]1O. The molecule has 39 heavy (non-hydrogen) atoms. The summed E-state index contributed by atoms with van der Waals surface area (Å²) in [6.45, 7) is 6.46. The fourth-order valence-electron chi connectivity index (χ4n) is 10.2. The molecule has 6 aliphatic rings. The van der Waals surface area contributed by atoms with E-state index in [-0.39, 0.29) is 35.2 Å². The Labute approximate surface area is 230 Å². The first-order valence-electron chi connectivity index (χ1n) is 14.9. The van der Waals surface area contributed by atoms with E-state index in [0.29, 0.717) is 25.4 Å². The summed E-state index contributed by atoms with van der Waals surface area (Å²) >= 11 is 0. The molecule has 0 bridgehead atoms. The van der Waals surface area contributed by atoms with Crippen LogP contribution in [0.1, 0.15) is 72.1 Å². The molecule has 1 saturated heterocycles. The first kappa shape index (κ1) is 28.1. The van der Waals surface area contributed by atoms with Crippen LogP contribution < -0.4 is 0 Å². The van der Waals surface area contributed by atoms with E-state index in [1.165, 1.54) is 7.11 Å². The second-order valence-corrected chi connectivity index (χ2v) is 13.9. The summed E-state index contributed by atoms with van der Waals surface area (Å²) in [4.78, 5) is 11.8. The molecule has 14 atom stereocenters. The van der Waals surface area contributed by atoms with Gasteiger partial charge in [-0.25, -0.2) is 4.79 Å². The lowest BCUT2D eigenvalue weighted by molar-refractivity contribution is -0.314. The fraction of sp³-hybridized carbons (Fsp3) is 0.900. The smallest absolute Gasteiger partial charge is 0.331 e. The summed E-state index contributed by atoms with van der Waals surface area (Å²) in [5.74, 6) is 0.0523. The van der Waals surface area contributed by atoms with Gasteiger partial charge < -0.3 is 39.4 Å². The maximum atomic E-state index is 12.4. The third-order valence-electron chi connectivity index (χ3n) is 12.3. The van der Waals surface area contributed by atoms with Crippen LogP contribution in [0.2, 0.25) is 0 Å². The Kier molecular flexibility index (Phi) is 7.02. The highest BCUT2D eigenvalue weighted by Crippen LogP contribution is 2.70. The molecule has 0 aromatic heterocycles. The fourth-order valence-corrected chi connectivity index (χ4v) is 10.2. The molecule has 0 spiro atoms. The number of aliphatic hydroxyl groups excluding tert-OH is 3. The minimum absolute atomic E-state index is 0.00175. The molecule has 0 amide bonds. The largest absolute Gasteiger partial charge is 0.458 e. The second-order valence-electron chi connectivity index (χ2n) is 13.9. The van der Waals surface area contributed by atoms with Gasteiger partial charge in [0.15, 0.2) is 6.29 Å². The number of rotatable bonds is 4. The van der Waals surface area contributed by atoms with Crippen LogP contribution in [-0.2, 0) is 23.7 Å². The van der Waals surface area contributed by atoms with Crippen LogP contribution in [0.4, 0.5) is 0 Å². The lowest BCUT2D eigenvalue weighted by atomic mass is 9.42. The molecule has 6 rings (SSSR count). The Morgan fingerprint density at radius 2 is 1.82 bits per heavy atom. The molecule has 0 aromatic rings. The number of ether oxygens (including phenoxy) is 4. The van der Waals surface area contributed by atoms with Crippen LogP contribution in [0.15, 0.2) is 11.6 Å². The molecule has 4 N–H and O–H groups in total. The summed E-state index contributed by atoms with van der Waals surface area (Å²) in [7, 11) is 1.47. The number of aliphatic hydroxyl groups is 4. The van der Waals surface area contributed by atoms with Gasteiger partial charge in [0.05, 0.1) is 23.9 Å². The van der Waals surface area contributed by atoms with Gasteiger partial charge >= 0.3 is 5.97 Å². The molecule has 9 nitrogen and oxygen atoms in total. The van der Waals surface area contributed by atoms with Crippen molar-refractivity contribution in [1.29, 1.82) is 0 Å². The summed E-state index contributed by atoms with van der Waals surface area (Å²) in [5, 5.41) is 45.2. The highest BCUT2D eigenvalue weighted by Gasteiger charge is 2.70. The van der Waals surface area contributed by atoms with Gasteiger partial charge in [-0.15, -0.1) is 0 Å². The first-order valence-corrected chi connectivity index (χ1v) is 14.9. The highest BCUT2D eigenvalue weighted by molar-refractivity contribution is 5.85. The van der Waals surface area contributed by atoms with Gasteiger partial charge in [0.2, 0.25) is 0 Å². The molecule has 0 aromatic carbocycles. The molecule has 2 aliphatic heterocycles. The van der Waals surface area contributed by atoms with Gasteiger partial charge in [-0.2, -0.15) is 0 Å². The molecule has 4 saturated carbocycles. The van der Waals surface area contributed by atoms with E-state index < -0.39 is 47.8 Å². The number of carbonyl (C=O) groups is 1. The molecule has 0 unspecified atom stereocenters. The number of esters is 1. The van der Waals surface area contributed by atoms with Crippen molar-refractivity contribution >= 4 is 5.97 Å². The van der Waals surface area contributed by atoms with Crippen LogP contribution >= 0.6 is 0 Å². The van der Waals surface area contributed by atoms with Crippen molar-refractivity contribution in [2.24, 2.45) is 34.5 Å². The molecule has 4 aliphatic carbocycles. The lowest BCUT2D eigenvalue weighted by Gasteiger charge is -2.65. The predicted octanol–water partition coefficient (Wildman–Crippen LogP) is 2.08. The lowest BCUT2D eigenvalue weighted by Crippen LogP contribution is -2.66. The van der Waals surface area contributed by atoms with E-state index in [1.54, 1.807) is 13.0 Å². The molecular weight excluding hydrogens is 504 g/mol. The average molecular weight is 551 g/mol. The predicted molar refractivity (Wildman–Crippen MR) is 139 cm³/mol. The minimum atomic E-state index is -1.08. The summed E-state index contributed by atoms with van der Waals surface area (Å²) in [6.07, 6.45) is 3.05. The summed E-state index contributed by atoms with van der Waals surface area (Å²) in [5.41, 5.74) is -0.550. The number of methoxy groups -OCH3 is 1. The zero-order valence-corrected chi connectivity index (χ0v) is 23.6. The molecule has 220 valence electrons. The van der Waals surface area contributed by atoms with Gasteiger partial charge in [-0.3, -0.25) is 0 Å². The van der Waals surface area contributed by atoms with Crippen molar-refractivity contribution in [3.05, 3.63) is 11.6 Å². The number of carbonyl (C=O) groups excluding carboxylic acids is 1. The van der Waals surface area contributed by atoms with Crippen LogP contribution in [0, 0.1) is 34.5 Å². The van der Waals surface area contributed by atoms with Crippen molar-refractivity contribution in [3.8, 4) is 0 Å². The maximum Gasteiger partial charge on any atom is 0.331 e. The molecular formula is C30H46O9. The highest BCUT2D eigenvalue weighted by atomic mass is 16.7. The first-order chi connectivity index (χ1) is 18.4. The van der Waals surface area contributed by atoms with Crippen LogP contribution in [0.5, 0.6) is 0 Å². The topological polar surface area (TPSA) is 135 Å². The van der Waals surface area contributed by atoms with E-state index in [4.69, 9.17) is 18.9 Å². The summed E-state index contributed by atoms with van der Waals surface area (Å²) in [6, 6.07) is 0.